The normalized spacial score (nSPS) is 10.4. The van der Waals surface area contributed by atoms with E-state index < -0.39 is 18.5 Å². The summed E-state index contributed by atoms with van der Waals surface area (Å²) in [6.07, 6.45) is 0.753. The van der Waals surface area contributed by atoms with E-state index in [4.69, 9.17) is 16.3 Å². The molecule has 34 heavy (non-hydrogen) atoms. The molecule has 0 unspecified atom stereocenters. The number of nitrogens with one attached hydrogen (secondary N) is 2. The van der Waals surface area contributed by atoms with Gasteiger partial charge in [-0.3, -0.25) is 14.4 Å². The minimum Gasteiger partial charge on any atom is -0.456 e. The molecule has 176 valence electrons. The Morgan fingerprint density at radius 2 is 1.29 bits per heavy atom. The fourth-order valence-corrected chi connectivity index (χ4v) is 3.87. The van der Waals surface area contributed by atoms with Crippen LogP contribution in [0.1, 0.15) is 25.3 Å². The molecule has 0 aromatic heterocycles. The fraction of sp³-hybridized carbons (Fsp3) is 0.192. The van der Waals surface area contributed by atoms with Gasteiger partial charge in [0.25, 0.3) is 5.91 Å². The van der Waals surface area contributed by atoms with Crippen molar-refractivity contribution in [2.45, 2.75) is 36.0 Å². The Morgan fingerprint density at radius 3 is 1.88 bits per heavy atom. The molecule has 0 radical (unpaired) electrons. The largest absolute Gasteiger partial charge is 0.456 e. The topological polar surface area (TPSA) is 84.5 Å². The van der Waals surface area contributed by atoms with Crippen molar-refractivity contribution in [3.8, 4) is 0 Å². The minimum atomic E-state index is -0.610. The Labute approximate surface area is 208 Å². The first-order chi connectivity index (χ1) is 16.4. The predicted octanol–water partition coefficient (Wildman–Crippen LogP) is 5.95. The Morgan fingerprint density at radius 1 is 0.765 bits per heavy atom. The molecule has 2 N–H and O–H groups in total. The second kappa shape index (κ2) is 12.8. The number of rotatable bonds is 10. The van der Waals surface area contributed by atoms with Gasteiger partial charge in [-0.1, -0.05) is 42.4 Å². The van der Waals surface area contributed by atoms with E-state index in [1.165, 1.54) is 0 Å². The summed E-state index contributed by atoms with van der Waals surface area (Å²) < 4.78 is 4.96. The van der Waals surface area contributed by atoms with Crippen LogP contribution in [0.15, 0.2) is 82.6 Å². The second-order valence-corrected chi connectivity index (χ2v) is 8.97. The zero-order chi connectivity index (χ0) is 24.3. The molecule has 0 aliphatic rings. The summed E-state index contributed by atoms with van der Waals surface area (Å²) in [7, 11) is 0. The second-order valence-electron chi connectivity index (χ2n) is 7.39. The highest BCUT2D eigenvalue weighted by Crippen LogP contribution is 2.29. The lowest BCUT2D eigenvalue weighted by Crippen LogP contribution is -2.21. The number of hydrogen-bond acceptors (Lipinski definition) is 5. The molecule has 0 saturated heterocycles. The van der Waals surface area contributed by atoms with Gasteiger partial charge in [-0.2, -0.15) is 0 Å². The van der Waals surface area contributed by atoms with E-state index in [1.807, 2.05) is 55.5 Å². The summed E-state index contributed by atoms with van der Waals surface area (Å²) in [5.74, 6) is -1.35. The smallest absolute Gasteiger partial charge is 0.306 e. The maximum atomic E-state index is 12.1. The van der Waals surface area contributed by atoms with Crippen LogP contribution in [0.3, 0.4) is 0 Å². The van der Waals surface area contributed by atoms with Gasteiger partial charge < -0.3 is 15.4 Å². The summed E-state index contributed by atoms with van der Waals surface area (Å²) in [5.41, 5.74) is 2.43. The number of esters is 1. The van der Waals surface area contributed by atoms with Crippen molar-refractivity contribution in [2.75, 3.05) is 17.2 Å². The molecule has 0 bridgehead atoms. The highest BCUT2D eigenvalue weighted by Gasteiger charge is 2.11. The number of ether oxygens (including phenoxy) is 1. The molecule has 6 nitrogen and oxygen atoms in total. The van der Waals surface area contributed by atoms with Crippen molar-refractivity contribution in [2.24, 2.45) is 0 Å². The summed E-state index contributed by atoms with van der Waals surface area (Å²) in [4.78, 5) is 38.0. The summed E-state index contributed by atoms with van der Waals surface area (Å²) in [5, 5.41) is 6.10. The fourth-order valence-electron chi connectivity index (χ4n) is 2.92. The zero-order valence-corrected chi connectivity index (χ0v) is 20.2. The molecule has 0 aliphatic heterocycles. The number of aryl methyl sites for hydroxylation is 1. The molecule has 0 fully saturated rings. The van der Waals surface area contributed by atoms with Gasteiger partial charge in [0.2, 0.25) is 5.91 Å². The summed E-state index contributed by atoms with van der Waals surface area (Å²) in [6, 6.07) is 22.4. The molecule has 3 aromatic carbocycles. The van der Waals surface area contributed by atoms with Crippen molar-refractivity contribution in [3.63, 3.8) is 0 Å². The summed E-state index contributed by atoms with van der Waals surface area (Å²) >= 11 is 7.49. The van der Waals surface area contributed by atoms with Crippen LogP contribution in [0.2, 0.25) is 5.02 Å². The molecule has 0 atom stereocenters. The van der Waals surface area contributed by atoms with Crippen molar-refractivity contribution in [1.82, 2.24) is 0 Å². The van der Waals surface area contributed by atoms with Crippen molar-refractivity contribution < 1.29 is 19.1 Å². The number of hydrogen-bond donors (Lipinski definition) is 2. The highest BCUT2D eigenvalue weighted by molar-refractivity contribution is 7.99. The SMILES string of the molecule is CCc1ccc(NC(=O)COC(=O)CCC(=O)Nc2ccc(Sc3ccc(Cl)cc3)cc2)cc1. The molecular formula is C26H25ClN2O4S. The first kappa shape index (κ1) is 25.3. The van der Waals surface area contributed by atoms with E-state index in [0.717, 1.165) is 21.8 Å². The van der Waals surface area contributed by atoms with Crippen LogP contribution >= 0.6 is 23.4 Å². The maximum absolute atomic E-state index is 12.1. The highest BCUT2D eigenvalue weighted by atomic mass is 35.5. The number of carbonyl (C=O) groups is 3. The standard InChI is InChI=1S/C26H25ClN2O4S/c1-2-18-3-7-20(8-4-18)29-25(31)17-33-26(32)16-15-24(30)28-21-9-13-23(14-10-21)34-22-11-5-19(27)6-12-22/h3-14H,2,15-17H2,1H3,(H,28,30)(H,29,31). The van der Waals surface area contributed by atoms with Gasteiger partial charge in [0.15, 0.2) is 6.61 Å². The molecule has 0 saturated carbocycles. The average Bonchev–Trinajstić information content (AvgIpc) is 2.84. The minimum absolute atomic E-state index is 0.0415. The van der Waals surface area contributed by atoms with Crippen molar-refractivity contribution in [1.29, 1.82) is 0 Å². The number of carbonyl (C=O) groups excluding carboxylic acids is 3. The lowest BCUT2D eigenvalue weighted by atomic mass is 10.1. The van der Waals surface area contributed by atoms with Crippen LogP contribution in [0.4, 0.5) is 11.4 Å². The molecule has 3 rings (SSSR count). The number of benzene rings is 3. The van der Waals surface area contributed by atoms with Crippen molar-refractivity contribution >= 4 is 52.5 Å². The maximum Gasteiger partial charge on any atom is 0.306 e. The van der Waals surface area contributed by atoms with Gasteiger partial charge in [0, 0.05) is 32.6 Å². The average molecular weight is 497 g/mol. The first-order valence-corrected chi connectivity index (χ1v) is 12.0. The van der Waals surface area contributed by atoms with Crippen LogP contribution in [-0.2, 0) is 25.5 Å². The van der Waals surface area contributed by atoms with E-state index in [-0.39, 0.29) is 18.7 Å². The van der Waals surface area contributed by atoms with E-state index >= 15 is 0 Å². The summed E-state index contributed by atoms with van der Waals surface area (Å²) in [6.45, 7) is 1.65. The third-order valence-electron chi connectivity index (χ3n) is 4.75. The van der Waals surface area contributed by atoms with Crippen LogP contribution in [0.25, 0.3) is 0 Å². The molecule has 0 spiro atoms. The lowest BCUT2D eigenvalue weighted by Gasteiger charge is -2.08. The number of amides is 2. The van der Waals surface area contributed by atoms with E-state index in [9.17, 15) is 14.4 Å². The van der Waals surface area contributed by atoms with Gasteiger partial charge >= 0.3 is 5.97 Å². The Hall–Kier alpha value is -3.29. The van der Waals surface area contributed by atoms with Crippen LogP contribution < -0.4 is 10.6 Å². The van der Waals surface area contributed by atoms with E-state index in [1.54, 1.807) is 36.0 Å². The van der Waals surface area contributed by atoms with E-state index in [2.05, 4.69) is 10.6 Å². The van der Waals surface area contributed by atoms with Gasteiger partial charge in [-0.15, -0.1) is 0 Å². The van der Waals surface area contributed by atoms with Gasteiger partial charge in [-0.25, -0.2) is 0 Å². The number of anilines is 2. The molecule has 8 heteroatoms. The third kappa shape index (κ3) is 8.57. The quantitative estimate of drug-likeness (QED) is 0.338. The van der Waals surface area contributed by atoms with Gasteiger partial charge in [-0.05, 0) is 72.6 Å². The Kier molecular flexibility index (Phi) is 9.55. The first-order valence-electron chi connectivity index (χ1n) is 10.8. The lowest BCUT2D eigenvalue weighted by molar-refractivity contribution is -0.147. The predicted molar refractivity (Wildman–Crippen MR) is 135 cm³/mol. The Balaban J connectivity index is 1.35. The monoisotopic (exact) mass is 496 g/mol. The third-order valence-corrected chi connectivity index (χ3v) is 6.02. The molecule has 3 aromatic rings. The Bertz CT molecular complexity index is 1120. The van der Waals surface area contributed by atoms with Crippen LogP contribution in [-0.4, -0.2) is 24.4 Å². The van der Waals surface area contributed by atoms with E-state index in [0.29, 0.717) is 16.4 Å². The molecule has 0 heterocycles. The number of halogens is 1. The molecule has 0 aliphatic carbocycles. The molecular weight excluding hydrogens is 472 g/mol. The van der Waals surface area contributed by atoms with Crippen LogP contribution in [0.5, 0.6) is 0 Å². The van der Waals surface area contributed by atoms with Crippen LogP contribution in [0, 0.1) is 0 Å². The van der Waals surface area contributed by atoms with Gasteiger partial charge in [0.1, 0.15) is 0 Å². The van der Waals surface area contributed by atoms with Crippen molar-refractivity contribution in [3.05, 3.63) is 83.4 Å². The van der Waals surface area contributed by atoms with Gasteiger partial charge in [0.05, 0.1) is 6.42 Å². The molecule has 2 amide bonds. The zero-order valence-electron chi connectivity index (χ0n) is 18.7.